The monoisotopic (exact) mass is 126 g/mol. The van der Waals surface area contributed by atoms with E-state index in [-0.39, 0.29) is 79.8 Å². The van der Waals surface area contributed by atoms with Crippen molar-refractivity contribution in [2.45, 2.75) is 0 Å². The summed E-state index contributed by atoms with van der Waals surface area (Å²) in [5.74, 6) is 0. The molecule has 0 aliphatic carbocycles. The third-order valence-electron chi connectivity index (χ3n) is 0. The Hall–Kier alpha value is 2.32. The second kappa shape index (κ2) is 18.5. The summed E-state index contributed by atoms with van der Waals surface area (Å²) >= 11 is 0. The molecule has 1 radical (unpaired) electrons. The van der Waals surface area contributed by atoms with Crippen molar-refractivity contribution in [2.75, 3.05) is 0 Å². The van der Waals surface area contributed by atoms with Crippen LogP contribution in [0, 0.1) is 0 Å². The summed E-state index contributed by atoms with van der Waals surface area (Å²) in [6, 6.07) is 0. The molecule has 0 fully saturated rings. The summed E-state index contributed by atoms with van der Waals surface area (Å²) in [6.45, 7) is 0. The first-order valence-corrected chi connectivity index (χ1v) is 0. The maximum Gasteiger partial charge on any atom is 0 e. The smallest absolute Gasteiger partial charge is 0 e. The number of hydrogen-bond acceptors (Lipinski definition) is 1. The molecule has 0 aromatic rings. The van der Waals surface area contributed by atoms with Crippen molar-refractivity contribution in [2.24, 2.45) is 0 Å². The second-order valence-corrected chi connectivity index (χ2v) is 0. The molecule has 4 heteroatoms. The Bertz CT molecular complexity index is 8.00. The minimum atomic E-state index is 0. The minimum absolute atomic E-state index is 0. The largest absolute Gasteiger partial charge is 0.344 e. The van der Waals surface area contributed by atoms with Gasteiger partial charge in [-0.25, -0.2) is 0 Å². The van der Waals surface area contributed by atoms with Gasteiger partial charge in [0.1, 0.15) is 0 Å². The van der Waals surface area contributed by atoms with Crippen LogP contribution in [0.5, 0.6) is 0 Å². The first kappa shape index (κ1) is 33.3. The molecule has 0 saturated heterocycles. The Labute approximate surface area is 78.3 Å². The third kappa shape index (κ3) is 8.85. The molecule has 3 N–H and O–H groups in total. The summed E-state index contributed by atoms with van der Waals surface area (Å²) in [5.41, 5.74) is 0. The number of hydrogen-bond donors (Lipinski definition) is 1. The van der Waals surface area contributed by atoms with Gasteiger partial charge < -0.3 is 6.15 Å². The van der Waals surface area contributed by atoms with Gasteiger partial charge in [-0.2, -0.15) is 9.90 Å². The van der Waals surface area contributed by atoms with Gasteiger partial charge in [0.05, 0.1) is 0 Å². The zero-order chi connectivity index (χ0) is 0. The van der Waals surface area contributed by atoms with Gasteiger partial charge >= 0.3 is 0 Å². The Balaban J connectivity index is 0. The van der Waals surface area contributed by atoms with Gasteiger partial charge in [0, 0.05) is 51.4 Å². The molecule has 0 spiro atoms. The quantitative estimate of drug-likeness (QED) is 0.367. The van der Waals surface area contributed by atoms with Crippen LogP contribution in [-0.4, -0.2) is 51.4 Å². The van der Waals surface area contributed by atoms with Gasteiger partial charge in [0.2, 0.25) is 0 Å². The van der Waals surface area contributed by atoms with Crippen LogP contribution in [-0.2, 0) is 0 Å². The van der Waals surface area contributed by atoms with Crippen LogP contribution in [0.3, 0.4) is 0 Å². The van der Waals surface area contributed by atoms with Crippen molar-refractivity contribution >= 4 is 73.7 Å². The topological polar surface area (TPSA) is 35.0 Å². The van der Waals surface area contributed by atoms with Crippen LogP contribution in [0.15, 0.2) is 0 Å². The first-order valence-electron chi connectivity index (χ1n) is 0. The normalized spacial score (nSPS) is 0. The van der Waals surface area contributed by atoms with Crippen LogP contribution in [0.1, 0.15) is 0 Å². The molecule has 1 nitrogen and oxygen atoms in total. The summed E-state index contributed by atoms with van der Waals surface area (Å²) in [5, 5.41) is 0. The van der Waals surface area contributed by atoms with E-state index in [9.17, 15) is 0 Å². The second-order valence-electron chi connectivity index (χ2n) is 0. The molecule has 0 aliphatic rings. The Morgan fingerprint density at radius 3 is 1.00 bits per heavy atom. The SMILES string of the molecule is Cl.N.P.[K]. The molecule has 25 valence electrons. The van der Waals surface area contributed by atoms with Gasteiger partial charge in [0.25, 0.3) is 0 Å². The van der Waals surface area contributed by atoms with Gasteiger partial charge in [-0.1, -0.05) is 0 Å². The molecule has 1 atom stereocenters. The molecule has 0 amide bonds. The molecule has 0 bridgehead atoms. The van der Waals surface area contributed by atoms with Crippen molar-refractivity contribution in [1.82, 2.24) is 6.15 Å². The Morgan fingerprint density at radius 2 is 1.00 bits per heavy atom. The maximum absolute atomic E-state index is 0. The summed E-state index contributed by atoms with van der Waals surface area (Å²) < 4.78 is 0. The molecule has 0 rings (SSSR count). The molecule has 1 unspecified atom stereocenters. The zero-order valence-electron chi connectivity index (χ0n) is 2.82. The van der Waals surface area contributed by atoms with Gasteiger partial charge in [-0.3, -0.25) is 0 Å². The van der Waals surface area contributed by atoms with E-state index in [2.05, 4.69) is 0 Å². The molecule has 0 aromatic carbocycles. The minimum Gasteiger partial charge on any atom is -0.344 e. The van der Waals surface area contributed by atoms with Crippen molar-refractivity contribution in [3.8, 4) is 0 Å². The van der Waals surface area contributed by atoms with Crippen LogP contribution in [0.2, 0.25) is 0 Å². The predicted octanol–water partition coefficient (Wildman–Crippen LogP) is 0.261. The van der Waals surface area contributed by atoms with Crippen molar-refractivity contribution in [1.29, 1.82) is 0 Å². The summed E-state index contributed by atoms with van der Waals surface area (Å²) in [7, 11) is 0. The van der Waals surface area contributed by atoms with Gasteiger partial charge in [0.15, 0.2) is 0 Å². The number of halogens is 1. The molecular formula is H7ClKNP. The van der Waals surface area contributed by atoms with E-state index >= 15 is 0 Å². The molecule has 0 saturated carbocycles. The molecule has 0 aliphatic heterocycles. The first-order chi connectivity index (χ1) is 0. The van der Waals surface area contributed by atoms with E-state index in [1.807, 2.05) is 0 Å². The summed E-state index contributed by atoms with van der Waals surface area (Å²) in [4.78, 5) is 0. The third-order valence-corrected chi connectivity index (χ3v) is 0. The standard InChI is InChI=1S/ClH.K.H3N.H3P/h1H;;2*1H3. The van der Waals surface area contributed by atoms with E-state index < -0.39 is 0 Å². The Morgan fingerprint density at radius 1 is 1.00 bits per heavy atom. The average Bonchev–Trinajstić information content (AvgIpc) is 0. The van der Waals surface area contributed by atoms with Gasteiger partial charge in [-0.15, -0.1) is 12.4 Å². The van der Waals surface area contributed by atoms with Crippen LogP contribution >= 0.6 is 22.3 Å². The van der Waals surface area contributed by atoms with Gasteiger partial charge in [-0.05, 0) is 0 Å². The predicted molar refractivity (Wildman–Crippen MR) is 29.1 cm³/mol. The fraction of sp³-hybridized carbons (Fsp3) is 0. The van der Waals surface area contributed by atoms with E-state index in [0.29, 0.717) is 0 Å². The van der Waals surface area contributed by atoms with Crippen LogP contribution in [0.25, 0.3) is 0 Å². The fourth-order valence-electron chi connectivity index (χ4n) is 0. The van der Waals surface area contributed by atoms with Crippen LogP contribution in [0.4, 0.5) is 0 Å². The van der Waals surface area contributed by atoms with E-state index in [1.54, 1.807) is 0 Å². The van der Waals surface area contributed by atoms with E-state index in [4.69, 9.17) is 0 Å². The van der Waals surface area contributed by atoms with Crippen molar-refractivity contribution in [3.05, 3.63) is 0 Å². The van der Waals surface area contributed by atoms with Crippen LogP contribution < -0.4 is 6.15 Å². The molecule has 0 aromatic heterocycles. The number of rotatable bonds is 0. The van der Waals surface area contributed by atoms with E-state index in [1.165, 1.54) is 0 Å². The van der Waals surface area contributed by atoms with E-state index in [0.717, 1.165) is 0 Å². The summed E-state index contributed by atoms with van der Waals surface area (Å²) in [6.07, 6.45) is 0. The van der Waals surface area contributed by atoms with Crippen molar-refractivity contribution in [3.63, 3.8) is 0 Å². The molecule has 4 heavy (non-hydrogen) atoms. The maximum atomic E-state index is 0. The molecule has 0 heterocycles. The fourth-order valence-corrected chi connectivity index (χ4v) is 0. The molecular weight excluding hydrogens is 120 g/mol. The zero-order valence-corrected chi connectivity index (χ0v) is 8.18. The Kier molecular flexibility index (Phi) is 154. The average molecular weight is 127 g/mol. The van der Waals surface area contributed by atoms with Crippen molar-refractivity contribution < 1.29 is 0 Å².